The quantitative estimate of drug-likeness (QED) is 0.598. The molecule has 0 amide bonds. The zero-order valence-electron chi connectivity index (χ0n) is 16.5. The summed E-state index contributed by atoms with van der Waals surface area (Å²) in [5, 5.41) is 0. The smallest absolute Gasteiger partial charge is 0.118 e. The third-order valence-electron chi connectivity index (χ3n) is 4.41. The summed E-state index contributed by atoms with van der Waals surface area (Å²) in [6.07, 6.45) is 1.19. The van der Waals surface area contributed by atoms with Gasteiger partial charge in [-0.05, 0) is 54.4 Å². The minimum atomic E-state index is 0.617. The average Bonchev–Trinajstić information content (AvgIpc) is 2.56. The highest BCUT2D eigenvalue weighted by molar-refractivity contribution is 5.29. The third kappa shape index (κ3) is 7.21. The minimum absolute atomic E-state index is 0.617. The van der Waals surface area contributed by atoms with Crippen molar-refractivity contribution in [2.24, 2.45) is 11.8 Å². The van der Waals surface area contributed by atoms with Gasteiger partial charge in [0.15, 0.2) is 0 Å². The SMILES string of the molecule is COc1ccc(C(C)C(C)C)cc1.Cc1ccc(CC(C)C)cc1. The van der Waals surface area contributed by atoms with E-state index in [1.54, 1.807) is 7.11 Å². The van der Waals surface area contributed by atoms with Gasteiger partial charge < -0.3 is 4.74 Å². The van der Waals surface area contributed by atoms with Crippen LogP contribution in [0.1, 0.15) is 57.2 Å². The average molecular weight is 327 g/mol. The molecule has 132 valence electrons. The van der Waals surface area contributed by atoms with Gasteiger partial charge in [-0.2, -0.15) is 0 Å². The molecule has 1 atom stereocenters. The number of methoxy groups -OCH3 is 1. The fourth-order valence-electron chi connectivity index (χ4n) is 2.49. The van der Waals surface area contributed by atoms with Crippen LogP contribution in [0, 0.1) is 18.8 Å². The number of benzene rings is 2. The van der Waals surface area contributed by atoms with E-state index in [1.165, 1.54) is 23.1 Å². The van der Waals surface area contributed by atoms with Gasteiger partial charge in [-0.25, -0.2) is 0 Å². The Morgan fingerprint density at radius 1 is 0.792 bits per heavy atom. The van der Waals surface area contributed by atoms with E-state index >= 15 is 0 Å². The lowest BCUT2D eigenvalue weighted by atomic mass is 9.90. The molecular weight excluding hydrogens is 292 g/mol. The van der Waals surface area contributed by atoms with Gasteiger partial charge in [-0.3, -0.25) is 0 Å². The Balaban J connectivity index is 0.000000243. The van der Waals surface area contributed by atoms with Gasteiger partial charge in [0, 0.05) is 0 Å². The summed E-state index contributed by atoms with van der Waals surface area (Å²) in [5.41, 5.74) is 4.18. The maximum Gasteiger partial charge on any atom is 0.118 e. The van der Waals surface area contributed by atoms with Gasteiger partial charge >= 0.3 is 0 Å². The van der Waals surface area contributed by atoms with Crippen LogP contribution in [-0.2, 0) is 6.42 Å². The van der Waals surface area contributed by atoms with E-state index in [4.69, 9.17) is 4.74 Å². The van der Waals surface area contributed by atoms with Gasteiger partial charge in [0.25, 0.3) is 0 Å². The van der Waals surface area contributed by atoms with Crippen LogP contribution < -0.4 is 4.74 Å². The zero-order valence-corrected chi connectivity index (χ0v) is 16.5. The number of ether oxygens (including phenoxy) is 1. The molecule has 0 spiro atoms. The van der Waals surface area contributed by atoms with E-state index < -0.39 is 0 Å². The molecule has 0 bridgehead atoms. The molecule has 0 aliphatic rings. The molecule has 2 aromatic carbocycles. The van der Waals surface area contributed by atoms with Crippen molar-refractivity contribution in [1.82, 2.24) is 0 Å². The van der Waals surface area contributed by atoms with E-state index in [1.807, 2.05) is 12.1 Å². The van der Waals surface area contributed by atoms with Crippen LogP contribution in [0.4, 0.5) is 0 Å². The molecule has 0 radical (unpaired) electrons. The largest absolute Gasteiger partial charge is 0.497 e. The molecule has 1 unspecified atom stereocenters. The van der Waals surface area contributed by atoms with E-state index in [0.717, 1.165) is 11.7 Å². The summed E-state index contributed by atoms with van der Waals surface area (Å²) in [5.74, 6) is 3.00. The monoisotopic (exact) mass is 326 g/mol. The molecule has 0 saturated heterocycles. The Labute approximate surface area is 149 Å². The van der Waals surface area contributed by atoms with Crippen molar-refractivity contribution in [2.75, 3.05) is 7.11 Å². The first kappa shape index (κ1) is 20.3. The molecule has 0 aromatic heterocycles. The minimum Gasteiger partial charge on any atom is -0.497 e. The molecule has 0 aliphatic carbocycles. The third-order valence-corrected chi connectivity index (χ3v) is 4.41. The van der Waals surface area contributed by atoms with Crippen LogP contribution >= 0.6 is 0 Å². The Morgan fingerprint density at radius 2 is 1.33 bits per heavy atom. The number of hydrogen-bond donors (Lipinski definition) is 0. The zero-order chi connectivity index (χ0) is 18.1. The van der Waals surface area contributed by atoms with E-state index in [-0.39, 0.29) is 0 Å². The first-order chi connectivity index (χ1) is 11.3. The second kappa shape index (κ2) is 10.2. The second-order valence-corrected chi connectivity index (χ2v) is 7.39. The normalized spacial score (nSPS) is 11.9. The van der Waals surface area contributed by atoms with Gasteiger partial charge in [0.1, 0.15) is 5.75 Å². The molecule has 0 N–H and O–H groups in total. The molecule has 24 heavy (non-hydrogen) atoms. The highest BCUT2D eigenvalue weighted by atomic mass is 16.5. The van der Waals surface area contributed by atoms with Crippen LogP contribution in [0.25, 0.3) is 0 Å². The maximum atomic E-state index is 5.11. The molecule has 0 saturated carbocycles. The predicted molar refractivity (Wildman–Crippen MR) is 106 cm³/mol. The van der Waals surface area contributed by atoms with Crippen LogP contribution in [0.5, 0.6) is 5.75 Å². The molecule has 2 aromatic rings. The van der Waals surface area contributed by atoms with Crippen molar-refractivity contribution in [2.45, 2.75) is 53.9 Å². The Bertz CT molecular complexity index is 564. The van der Waals surface area contributed by atoms with Gasteiger partial charge in [0.05, 0.1) is 7.11 Å². The van der Waals surface area contributed by atoms with Gasteiger partial charge in [0.2, 0.25) is 0 Å². The first-order valence-electron chi connectivity index (χ1n) is 9.03. The lowest BCUT2D eigenvalue weighted by molar-refractivity contribution is 0.414. The summed E-state index contributed by atoms with van der Waals surface area (Å²) in [6, 6.07) is 17.1. The summed E-state index contributed by atoms with van der Waals surface area (Å²) >= 11 is 0. The number of aryl methyl sites for hydroxylation is 1. The maximum absolute atomic E-state index is 5.11. The van der Waals surface area contributed by atoms with Gasteiger partial charge in [-0.1, -0.05) is 76.6 Å². The topological polar surface area (TPSA) is 9.23 Å². The van der Waals surface area contributed by atoms with Crippen molar-refractivity contribution in [3.63, 3.8) is 0 Å². The van der Waals surface area contributed by atoms with Crippen molar-refractivity contribution in [1.29, 1.82) is 0 Å². The number of rotatable bonds is 5. The van der Waals surface area contributed by atoms with Crippen LogP contribution in [0.15, 0.2) is 48.5 Å². The molecule has 0 heterocycles. The highest BCUT2D eigenvalue weighted by Crippen LogP contribution is 2.25. The van der Waals surface area contributed by atoms with Crippen LogP contribution in [-0.4, -0.2) is 7.11 Å². The van der Waals surface area contributed by atoms with E-state index in [0.29, 0.717) is 11.8 Å². The fourth-order valence-corrected chi connectivity index (χ4v) is 2.49. The lowest BCUT2D eigenvalue weighted by Gasteiger charge is -2.15. The molecular formula is C23H34O. The van der Waals surface area contributed by atoms with Crippen molar-refractivity contribution in [3.05, 3.63) is 65.2 Å². The predicted octanol–water partition coefficient (Wildman–Crippen LogP) is 6.65. The van der Waals surface area contributed by atoms with Crippen LogP contribution in [0.3, 0.4) is 0 Å². The van der Waals surface area contributed by atoms with Crippen LogP contribution in [0.2, 0.25) is 0 Å². The molecule has 0 aliphatic heterocycles. The van der Waals surface area contributed by atoms with Crippen molar-refractivity contribution in [3.8, 4) is 5.75 Å². The fraction of sp³-hybridized carbons (Fsp3) is 0.478. The molecule has 1 heteroatoms. The van der Waals surface area contributed by atoms with Gasteiger partial charge in [-0.15, -0.1) is 0 Å². The number of hydrogen-bond acceptors (Lipinski definition) is 1. The van der Waals surface area contributed by atoms with E-state index in [9.17, 15) is 0 Å². The Hall–Kier alpha value is -1.76. The second-order valence-electron chi connectivity index (χ2n) is 7.39. The highest BCUT2D eigenvalue weighted by Gasteiger charge is 2.09. The molecule has 0 fully saturated rings. The summed E-state index contributed by atoms with van der Waals surface area (Å²) in [6.45, 7) is 13.4. The summed E-state index contributed by atoms with van der Waals surface area (Å²) < 4.78 is 5.11. The Kier molecular flexibility index (Phi) is 8.60. The summed E-state index contributed by atoms with van der Waals surface area (Å²) in [7, 11) is 1.70. The summed E-state index contributed by atoms with van der Waals surface area (Å²) in [4.78, 5) is 0. The molecule has 2 rings (SSSR count). The van der Waals surface area contributed by atoms with E-state index in [2.05, 4.69) is 77.9 Å². The lowest BCUT2D eigenvalue weighted by Crippen LogP contribution is -2.01. The molecule has 1 nitrogen and oxygen atoms in total. The Morgan fingerprint density at radius 3 is 1.75 bits per heavy atom. The van der Waals surface area contributed by atoms with Crippen molar-refractivity contribution < 1.29 is 4.74 Å². The van der Waals surface area contributed by atoms with Crippen molar-refractivity contribution >= 4 is 0 Å². The first-order valence-corrected chi connectivity index (χ1v) is 9.03. The standard InChI is InChI=1S/C12H18O.C11H16/c1-9(2)10(3)11-5-7-12(13-4)8-6-11;1-9(2)8-11-6-4-10(3)5-7-11/h5-10H,1-4H3;4-7,9H,8H2,1-3H3.